The molecule has 1 aromatic rings. The van der Waals surface area contributed by atoms with E-state index in [4.69, 9.17) is 9.26 Å². The molecule has 0 amide bonds. The minimum atomic E-state index is 0.421. The lowest BCUT2D eigenvalue weighted by Gasteiger charge is -2.29. The minimum absolute atomic E-state index is 0.421. The first-order chi connectivity index (χ1) is 8.31. The summed E-state index contributed by atoms with van der Waals surface area (Å²) in [5, 5.41) is 3.97. The second-order valence-corrected chi connectivity index (χ2v) is 4.57. The molecule has 2 rings (SSSR count). The van der Waals surface area contributed by atoms with Crippen molar-refractivity contribution in [3.63, 3.8) is 0 Å². The first-order valence-electron chi connectivity index (χ1n) is 6.38. The maximum Gasteiger partial charge on any atom is 0.240 e. The number of aromatic nitrogens is 2. The number of hydrogen-bond donors (Lipinski definition) is 0. The zero-order chi connectivity index (χ0) is 12.1. The molecule has 96 valence electrons. The molecule has 1 aromatic heterocycles. The number of aryl methyl sites for hydroxylation is 1. The third-order valence-electron chi connectivity index (χ3n) is 3.21. The molecule has 0 aromatic carbocycles. The fourth-order valence-electron chi connectivity index (χ4n) is 2.17. The van der Waals surface area contributed by atoms with Gasteiger partial charge < -0.3 is 9.26 Å². The van der Waals surface area contributed by atoms with Crippen molar-refractivity contribution in [2.45, 2.75) is 45.3 Å². The highest BCUT2D eigenvalue weighted by atomic mass is 16.5. The predicted octanol–water partition coefficient (Wildman–Crippen LogP) is 1.63. The average Bonchev–Trinajstić information content (AvgIpc) is 2.78. The molecule has 0 atom stereocenters. The molecule has 0 N–H and O–H groups in total. The van der Waals surface area contributed by atoms with Crippen LogP contribution in [-0.4, -0.2) is 41.3 Å². The maximum atomic E-state index is 5.35. The van der Waals surface area contributed by atoms with Crippen LogP contribution in [0.5, 0.6) is 0 Å². The molecule has 5 nitrogen and oxygen atoms in total. The Kier molecular flexibility index (Phi) is 4.50. The number of piperidine rings is 1. The van der Waals surface area contributed by atoms with E-state index in [0.717, 1.165) is 57.0 Å². The summed E-state index contributed by atoms with van der Waals surface area (Å²) in [6.07, 6.45) is 4.55. The molecule has 0 bridgehead atoms. The maximum absolute atomic E-state index is 5.35. The van der Waals surface area contributed by atoms with Crippen molar-refractivity contribution in [1.29, 1.82) is 0 Å². The molecule has 5 heteroatoms. The van der Waals surface area contributed by atoms with Crippen LogP contribution < -0.4 is 0 Å². The van der Waals surface area contributed by atoms with Crippen LogP contribution in [-0.2, 0) is 17.7 Å². The van der Waals surface area contributed by atoms with Gasteiger partial charge in [0.15, 0.2) is 5.82 Å². The van der Waals surface area contributed by atoms with Crippen LogP contribution in [0.4, 0.5) is 0 Å². The van der Waals surface area contributed by atoms with E-state index in [1.165, 1.54) is 0 Å². The number of likely N-dealkylation sites (tertiary alicyclic amines) is 1. The second-order valence-electron chi connectivity index (χ2n) is 4.57. The molecule has 0 spiro atoms. The number of methoxy groups -OCH3 is 1. The Balaban J connectivity index is 1.80. The number of nitrogens with zero attached hydrogens (tertiary/aromatic N) is 3. The van der Waals surface area contributed by atoms with Crippen molar-refractivity contribution in [2.75, 3.05) is 20.2 Å². The van der Waals surface area contributed by atoms with Crippen LogP contribution in [0, 0.1) is 0 Å². The summed E-state index contributed by atoms with van der Waals surface area (Å²) < 4.78 is 10.6. The van der Waals surface area contributed by atoms with Crippen LogP contribution in [0.1, 0.15) is 37.9 Å². The van der Waals surface area contributed by atoms with Crippen LogP contribution in [0.3, 0.4) is 0 Å². The van der Waals surface area contributed by atoms with Crippen LogP contribution in [0.2, 0.25) is 0 Å². The Hall–Kier alpha value is -0.940. The summed E-state index contributed by atoms with van der Waals surface area (Å²) in [5.41, 5.74) is 0. The van der Waals surface area contributed by atoms with Crippen LogP contribution in [0.25, 0.3) is 0 Å². The summed E-state index contributed by atoms with van der Waals surface area (Å²) in [6, 6.07) is 0. The monoisotopic (exact) mass is 239 g/mol. The molecule has 1 aliphatic heterocycles. The van der Waals surface area contributed by atoms with Gasteiger partial charge in [0.25, 0.3) is 0 Å². The van der Waals surface area contributed by atoms with Gasteiger partial charge in [-0.1, -0.05) is 12.1 Å². The first-order valence-corrected chi connectivity index (χ1v) is 6.38. The van der Waals surface area contributed by atoms with Gasteiger partial charge in [-0.05, 0) is 19.3 Å². The molecular formula is C12H21N3O2. The van der Waals surface area contributed by atoms with Crippen LogP contribution in [0.15, 0.2) is 4.52 Å². The molecular weight excluding hydrogens is 218 g/mol. The van der Waals surface area contributed by atoms with Crippen molar-refractivity contribution < 1.29 is 9.26 Å². The quantitative estimate of drug-likeness (QED) is 0.781. The van der Waals surface area contributed by atoms with E-state index >= 15 is 0 Å². The second kappa shape index (κ2) is 6.12. The Bertz CT molecular complexity index is 332. The molecule has 0 unspecified atom stereocenters. The molecule has 0 radical (unpaired) electrons. The van der Waals surface area contributed by atoms with Crippen LogP contribution >= 0.6 is 0 Å². The largest absolute Gasteiger partial charge is 0.381 e. The zero-order valence-electron chi connectivity index (χ0n) is 10.7. The highest BCUT2D eigenvalue weighted by Crippen LogP contribution is 2.15. The van der Waals surface area contributed by atoms with Crippen molar-refractivity contribution in [3.05, 3.63) is 11.7 Å². The van der Waals surface area contributed by atoms with E-state index in [-0.39, 0.29) is 0 Å². The lowest BCUT2D eigenvalue weighted by Crippen LogP contribution is -2.36. The molecule has 1 fully saturated rings. The third kappa shape index (κ3) is 3.51. The van der Waals surface area contributed by atoms with Crippen molar-refractivity contribution >= 4 is 0 Å². The van der Waals surface area contributed by atoms with Crippen molar-refractivity contribution in [1.82, 2.24) is 15.0 Å². The SMILES string of the molecule is CCCc1noc(CN2CCC(OC)CC2)n1. The van der Waals surface area contributed by atoms with E-state index in [9.17, 15) is 0 Å². The molecule has 17 heavy (non-hydrogen) atoms. The molecule has 1 aliphatic rings. The normalized spacial score (nSPS) is 18.7. The Labute approximate surface area is 102 Å². The molecule has 1 saturated heterocycles. The topological polar surface area (TPSA) is 51.4 Å². The van der Waals surface area contributed by atoms with Crippen molar-refractivity contribution in [3.8, 4) is 0 Å². The lowest BCUT2D eigenvalue weighted by molar-refractivity contribution is 0.0359. The Morgan fingerprint density at radius 3 is 2.82 bits per heavy atom. The lowest BCUT2D eigenvalue weighted by atomic mass is 10.1. The summed E-state index contributed by atoms with van der Waals surface area (Å²) in [5.74, 6) is 1.57. The zero-order valence-corrected chi connectivity index (χ0v) is 10.7. The van der Waals surface area contributed by atoms with Gasteiger partial charge in [-0.3, -0.25) is 4.90 Å². The number of hydrogen-bond acceptors (Lipinski definition) is 5. The van der Waals surface area contributed by atoms with Gasteiger partial charge in [-0.25, -0.2) is 0 Å². The average molecular weight is 239 g/mol. The van der Waals surface area contributed by atoms with Gasteiger partial charge in [0.2, 0.25) is 5.89 Å². The molecule has 0 saturated carbocycles. The summed E-state index contributed by atoms with van der Waals surface area (Å²) in [7, 11) is 1.79. The minimum Gasteiger partial charge on any atom is -0.381 e. The van der Waals surface area contributed by atoms with Gasteiger partial charge in [-0.15, -0.1) is 0 Å². The van der Waals surface area contributed by atoms with E-state index < -0.39 is 0 Å². The van der Waals surface area contributed by atoms with E-state index in [2.05, 4.69) is 22.0 Å². The first kappa shape index (κ1) is 12.5. The summed E-state index contributed by atoms with van der Waals surface area (Å²) in [6.45, 7) is 4.98. The Morgan fingerprint density at radius 1 is 1.41 bits per heavy atom. The van der Waals surface area contributed by atoms with Gasteiger partial charge in [0.1, 0.15) is 0 Å². The van der Waals surface area contributed by atoms with Gasteiger partial charge in [0.05, 0.1) is 12.6 Å². The standard InChI is InChI=1S/C12H21N3O2/c1-3-4-11-13-12(17-14-11)9-15-7-5-10(16-2)6-8-15/h10H,3-9H2,1-2H3. The highest BCUT2D eigenvalue weighted by molar-refractivity contribution is 4.87. The third-order valence-corrected chi connectivity index (χ3v) is 3.21. The molecule has 2 heterocycles. The van der Waals surface area contributed by atoms with E-state index in [1.54, 1.807) is 7.11 Å². The smallest absolute Gasteiger partial charge is 0.240 e. The van der Waals surface area contributed by atoms with Gasteiger partial charge in [0, 0.05) is 26.6 Å². The van der Waals surface area contributed by atoms with Crippen molar-refractivity contribution in [2.24, 2.45) is 0 Å². The highest BCUT2D eigenvalue weighted by Gasteiger charge is 2.20. The fraction of sp³-hybridized carbons (Fsp3) is 0.833. The Morgan fingerprint density at radius 2 is 2.18 bits per heavy atom. The molecule has 0 aliphatic carbocycles. The van der Waals surface area contributed by atoms with Gasteiger partial charge >= 0.3 is 0 Å². The number of ether oxygens (including phenoxy) is 1. The predicted molar refractivity (Wildman–Crippen MR) is 63.6 cm³/mol. The number of rotatable bonds is 5. The summed E-state index contributed by atoms with van der Waals surface area (Å²) >= 11 is 0. The van der Waals surface area contributed by atoms with E-state index in [1.807, 2.05) is 0 Å². The fourth-order valence-corrected chi connectivity index (χ4v) is 2.17. The van der Waals surface area contributed by atoms with E-state index in [0.29, 0.717) is 6.10 Å². The summed E-state index contributed by atoms with van der Waals surface area (Å²) in [4.78, 5) is 6.73. The van der Waals surface area contributed by atoms with Gasteiger partial charge in [-0.2, -0.15) is 4.98 Å².